The predicted molar refractivity (Wildman–Crippen MR) is 104 cm³/mol. The molecule has 2 aromatic carbocycles. The van der Waals surface area contributed by atoms with Crippen molar-refractivity contribution in [2.45, 2.75) is 13.8 Å². The third kappa shape index (κ3) is 4.33. The van der Waals surface area contributed by atoms with E-state index in [1.165, 1.54) is 0 Å². The molecule has 138 valence electrons. The molecule has 0 bridgehead atoms. The van der Waals surface area contributed by atoms with Crippen LogP contribution in [0, 0.1) is 0 Å². The van der Waals surface area contributed by atoms with Gasteiger partial charge in [0.05, 0.1) is 39.9 Å². The van der Waals surface area contributed by atoms with Gasteiger partial charge in [0.25, 0.3) is 0 Å². The monoisotopic (exact) mass is 356 g/mol. The molecule has 26 heavy (non-hydrogen) atoms. The zero-order valence-electron chi connectivity index (χ0n) is 16.0. The first-order valence-electron chi connectivity index (χ1n) is 8.07. The molecule has 2 aromatic rings. The van der Waals surface area contributed by atoms with Crippen LogP contribution < -0.4 is 18.9 Å². The zero-order valence-corrected chi connectivity index (χ0v) is 16.0. The van der Waals surface area contributed by atoms with Crippen LogP contribution in [0.1, 0.15) is 25.0 Å². The fraction of sp³-hybridized carbons (Fsp3) is 0.300. The minimum Gasteiger partial charge on any atom is -0.493 e. The van der Waals surface area contributed by atoms with E-state index in [1.54, 1.807) is 28.4 Å². The van der Waals surface area contributed by atoms with Gasteiger partial charge in [-0.05, 0) is 50.2 Å². The van der Waals surface area contributed by atoms with Crippen LogP contribution in [0.3, 0.4) is 0 Å². The summed E-state index contributed by atoms with van der Waals surface area (Å²) < 4.78 is 21.2. The highest BCUT2D eigenvalue weighted by atomic mass is 16.5. The lowest BCUT2D eigenvalue weighted by molar-refractivity contribution is 0.355. The average Bonchev–Trinajstić information content (AvgIpc) is 2.70. The number of hydrogen-bond acceptors (Lipinski definition) is 6. The molecule has 0 aliphatic heterocycles. The molecular weight excluding hydrogens is 332 g/mol. The second-order valence-electron chi connectivity index (χ2n) is 5.51. The van der Waals surface area contributed by atoms with Crippen LogP contribution >= 0.6 is 0 Å². The van der Waals surface area contributed by atoms with Gasteiger partial charge in [-0.1, -0.05) is 0 Å². The summed E-state index contributed by atoms with van der Waals surface area (Å²) in [5.74, 6) is 2.66. The first kappa shape index (κ1) is 19.3. The molecule has 0 aliphatic carbocycles. The largest absolute Gasteiger partial charge is 0.493 e. The van der Waals surface area contributed by atoms with Gasteiger partial charge in [-0.2, -0.15) is 10.2 Å². The Bertz CT molecular complexity index is 759. The SMILES string of the molecule is COc1ccc(C(C)=NN=C(C)c2ccc(OC)c(OC)c2)cc1OC. The van der Waals surface area contributed by atoms with Gasteiger partial charge in [-0.15, -0.1) is 0 Å². The standard InChI is InChI=1S/C20H24N2O4/c1-13(15-7-9-17(23-3)19(11-15)25-5)21-22-14(2)16-8-10-18(24-4)20(12-16)26-6/h7-12H,1-6H3. The summed E-state index contributed by atoms with van der Waals surface area (Å²) in [6.45, 7) is 3.79. The Kier molecular flexibility index (Phi) is 6.60. The summed E-state index contributed by atoms with van der Waals surface area (Å²) in [5, 5.41) is 8.67. The Labute approximate surface area is 154 Å². The molecule has 6 nitrogen and oxygen atoms in total. The fourth-order valence-electron chi connectivity index (χ4n) is 2.39. The summed E-state index contributed by atoms with van der Waals surface area (Å²) in [7, 11) is 6.42. The number of nitrogens with zero attached hydrogens (tertiary/aromatic N) is 2. The van der Waals surface area contributed by atoms with E-state index in [2.05, 4.69) is 10.2 Å². The van der Waals surface area contributed by atoms with Gasteiger partial charge >= 0.3 is 0 Å². The Hall–Kier alpha value is -3.02. The quantitative estimate of drug-likeness (QED) is 0.557. The van der Waals surface area contributed by atoms with E-state index in [9.17, 15) is 0 Å². The van der Waals surface area contributed by atoms with Gasteiger partial charge in [0, 0.05) is 11.1 Å². The topological polar surface area (TPSA) is 61.6 Å². The van der Waals surface area contributed by atoms with Gasteiger partial charge in [-0.25, -0.2) is 0 Å². The number of hydrogen-bond donors (Lipinski definition) is 0. The molecular formula is C20H24N2O4. The lowest BCUT2D eigenvalue weighted by Crippen LogP contribution is -1.99. The van der Waals surface area contributed by atoms with E-state index in [0.29, 0.717) is 23.0 Å². The molecule has 0 radical (unpaired) electrons. The highest BCUT2D eigenvalue weighted by molar-refractivity contribution is 6.02. The van der Waals surface area contributed by atoms with Crippen LogP contribution in [-0.4, -0.2) is 39.9 Å². The third-order valence-corrected chi connectivity index (χ3v) is 3.95. The zero-order chi connectivity index (χ0) is 19.1. The van der Waals surface area contributed by atoms with Crippen LogP contribution in [-0.2, 0) is 0 Å². The highest BCUT2D eigenvalue weighted by Crippen LogP contribution is 2.29. The molecule has 0 aliphatic rings. The summed E-state index contributed by atoms with van der Waals surface area (Å²) in [5.41, 5.74) is 3.36. The van der Waals surface area contributed by atoms with Crippen LogP contribution in [0.2, 0.25) is 0 Å². The number of ether oxygens (including phenoxy) is 4. The molecule has 0 atom stereocenters. The summed E-state index contributed by atoms with van der Waals surface area (Å²) >= 11 is 0. The van der Waals surface area contributed by atoms with E-state index in [-0.39, 0.29) is 0 Å². The van der Waals surface area contributed by atoms with E-state index < -0.39 is 0 Å². The summed E-state index contributed by atoms with van der Waals surface area (Å²) in [6.07, 6.45) is 0. The number of rotatable bonds is 7. The van der Waals surface area contributed by atoms with E-state index >= 15 is 0 Å². The Balaban J connectivity index is 2.29. The van der Waals surface area contributed by atoms with Crippen molar-refractivity contribution in [1.82, 2.24) is 0 Å². The summed E-state index contributed by atoms with van der Waals surface area (Å²) in [6, 6.07) is 11.3. The number of methoxy groups -OCH3 is 4. The van der Waals surface area contributed by atoms with Crippen LogP contribution in [0.25, 0.3) is 0 Å². The second-order valence-corrected chi connectivity index (χ2v) is 5.51. The van der Waals surface area contributed by atoms with Crippen molar-refractivity contribution in [3.8, 4) is 23.0 Å². The predicted octanol–water partition coefficient (Wildman–Crippen LogP) is 3.95. The van der Waals surface area contributed by atoms with Gasteiger partial charge in [-0.3, -0.25) is 0 Å². The Morgan fingerprint density at radius 2 is 0.923 bits per heavy atom. The van der Waals surface area contributed by atoms with Crippen molar-refractivity contribution in [2.24, 2.45) is 10.2 Å². The van der Waals surface area contributed by atoms with Gasteiger partial charge < -0.3 is 18.9 Å². The molecule has 0 fully saturated rings. The molecule has 0 saturated heterocycles. The van der Waals surface area contributed by atoms with Gasteiger partial charge in [0.1, 0.15) is 0 Å². The van der Waals surface area contributed by atoms with E-state index in [0.717, 1.165) is 22.6 Å². The molecule has 0 N–H and O–H groups in total. The van der Waals surface area contributed by atoms with E-state index in [1.807, 2.05) is 50.2 Å². The molecule has 6 heteroatoms. The average molecular weight is 356 g/mol. The normalized spacial score (nSPS) is 11.9. The maximum absolute atomic E-state index is 5.33. The minimum atomic E-state index is 0.653. The first-order chi connectivity index (χ1) is 12.5. The van der Waals surface area contributed by atoms with Crippen molar-refractivity contribution in [3.63, 3.8) is 0 Å². The minimum absolute atomic E-state index is 0.653. The molecule has 0 spiro atoms. The van der Waals surface area contributed by atoms with Gasteiger partial charge in [0.15, 0.2) is 23.0 Å². The van der Waals surface area contributed by atoms with Crippen LogP contribution in [0.4, 0.5) is 0 Å². The lowest BCUT2D eigenvalue weighted by atomic mass is 10.1. The highest BCUT2D eigenvalue weighted by Gasteiger charge is 2.08. The molecule has 2 rings (SSSR count). The Morgan fingerprint density at radius 1 is 0.577 bits per heavy atom. The molecule has 0 aromatic heterocycles. The summed E-state index contributed by atoms with van der Waals surface area (Å²) in [4.78, 5) is 0. The molecule has 0 heterocycles. The fourth-order valence-corrected chi connectivity index (χ4v) is 2.39. The van der Waals surface area contributed by atoms with Crippen molar-refractivity contribution in [2.75, 3.05) is 28.4 Å². The Morgan fingerprint density at radius 3 is 1.23 bits per heavy atom. The molecule has 0 saturated carbocycles. The van der Waals surface area contributed by atoms with Crippen LogP contribution in [0.5, 0.6) is 23.0 Å². The molecule has 0 amide bonds. The van der Waals surface area contributed by atoms with E-state index in [4.69, 9.17) is 18.9 Å². The van der Waals surface area contributed by atoms with Crippen molar-refractivity contribution >= 4 is 11.4 Å². The second kappa shape index (κ2) is 8.89. The molecule has 0 unspecified atom stereocenters. The van der Waals surface area contributed by atoms with Crippen LogP contribution in [0.15, 0.2) is 46.6 Å². The third-order valence-electron chi connectivity index (χ3n) is 3.95. The first-order valence-corrected chi connectivity index (χ1v) is 8.07. The van der Waals surface area contributed by atoms with Crippen molar-refractivity contribution < 1.29 is 18.9 Å². The smallest absolute Gasteiger partial charge is 0.161 e. The van der Waals surface area contributed by atoms with Gasteiger partial charge in [0.2, 0.25) is 0 Å². The van der Waals surface area contributed by atoms with Crippen molar-refractivity contribution in [3.05, 3.63) is 47.5 Å². The lowest BCUT2D eigenvalue weighted by Gasteiger charge is -2.09. The maximum Gasteiger partial charge on any atom is 0.161 e. The van der Waals surface area contributed by atoms with Crippen molar-refractivity contribution in [1.29, 1.82) is 0 Å². The number of benzene rings is 2. The maximum atomic E-state index is 5.33.